The number of amides is 2. The highest BCUT2D eigenvalue weighted by Gasteiger charge is 2.24. The normalized spacial score (nSPS) is 20.3. The van der Waals surface area contributed by atoms with Crippen LogP contribution in [0.3, 0.4) is 0 Å². The lowest BCUT2D eigenvalue weighted by atomic mass is 10.2. The van der Waals surface area contributed by atoms with Crippen LogP contribution >= 0.6 is 11.3 Å². The SMILES string of the molecule is O=C(CN1CCCCCC1=O)N1CCCN(c2nccs2)CC1. The van der Waals surface area contributed by atoms with E-state index in [1.54, 1.807) is 16.2 Å². The molecule has 2 aliphatic heterocycles. The third-order valence-corrected chi connectivity index (χ3v) is 5.37. The highest BCUT2D eigenvalue weighted by molar-refractivity contribution is 7.13. The van der Waals surface area contributed by atoms with E-state index in [1.165, 1.54) is 0 Å². The summed E-state index contributed by atoms with van der Waals surface area (Å²) in [5.41, 5.74) is 0. The highest BCUT2D eigenvalue weighted by atomic mass is 32.1. The van der Waals surface area contributed by atoms with E-state index in [2.05, 4.69) is 9.88 Å². The number of nitrogens with zero attached hydrogens (tertiary/aromatic N) is 4. The molecule has 126 valence electrons. The molecule has 2 saturated heterocycles. The van der Waals surface area contributed by atoms with Crippen molar-refractivity contribution in [1.82, 2.24) is 14.8 Å². The predicted octanol–water partition coefficient (Wildman–Crippen LogP) is 1.58. The Morgan fingerprint density at radius 3 is 2.83 bits per heavy atom. The summed E-state index contributed by atoms with van der Waals surface area (Å²) < 4.78 is 0. The molecule has 0 saturated carbocycles. The van der Waals surface area contributed by atoms with E-state index >= 15 is 0 Å². The monoisotopic (exact) mass is 336 g/mol. The number of carbonyl (C=O) groups is 2. The molecule has 0 N–H and O–H groups in total. The number of carbonyl (C=O) groups excluding carboxylic acids is 2. The molecule has 0 radical (unpaired) electrons. The summed E-state index contributed by atoms with van der Waals surface area (Å²) in [6.45, 7) is 4.19. The van der Waals surface area contributed by atoms with Gasteiger partial charge in [0, 0.05) is 50.7 Å². The van der Waals surface area contributed by atoms with Gasteiger partial charge in [-0.15, -0.1) is 11.3 Å². The van der Waals surface area contributed by atoms with Crippen molar-refractivity contribution in [3.05, 3.63) is 11.6 Å². The van der Waals surface area contributed by atoms with Crippen LogP contribution in [0.25, 0.3) is 0 Å². The Morgan fingerprint density at radius 1 is 1.09 bits per heavy atom. The van der Waals surface area contributed by atoms with Gasteiger partial charge in [0.2, 0.25) is 11.8 Å². The predicted molar refractivity (Wildman–Crippen MR) is 90.6 cm³/mol. The molecule has 0 bridgehead atoms. The fourth-order valence-electron chi connectivity index (χ4n) is 3.20. The maximum absolute atomic E-state index is 12.6. The minimum atomic E-state index is 0.0845. The molecule has 23 heavy (non-hydrogen) atoms. The third-order valence-electron chi connectivity index (χ3n) is 4.54. The van der Waals surface area contributed by atoms with Crippen molar-refractivity contribution in [3.63, 3.8) is 0 Å². The Balaban J connectivity index is 1.54. The zero-order chi connectivity index (χ0) is 16.1. The van der Waals surface area contributed by atoms with Crippen LogP contribution in [0.5, 0.6) is 0 Å². The molecule has 0 unspecified atom stereocenters. The van der Waals surface area contributed by atoms with Gasteiger partial charge in [0.05, 0.1) is 6.54 Å². The maximum atomic E-state index is 12.6. The number of anilines is 1. The zero-order valence-corrected chi connectivity index (χ0v) is 14.3. The van der Waals surface area contributed by atoms with E-state index in [0.29, 0.717) is 13.0 Å². The summed E-state index contributed by atoms with van der Waals surface area (Å²) in [6, 6.07) is 0. The number of hydrogen-bond acceptors (Lipinski definition) is 5. The van der Waals surface area contributed by atoms with Crippen LogP contribution in [0.2, 0.25) is 0 Å². The summed E-state index contributed by atoms with van der Waals surface area (Å²) in [4.78, 5) is 34.9. The third kappa shape index (κ3) is 4.22. The van der Waals surface area contributed by atoms with Gasteiger partial charge in [0.15, 0.2) is 5.13 Å². The molecular weight excluding hydrogens is 312 g/mol. The first kappa shape index (κ1) is 16.2. The number of thiazole rings is 1. The molecule has 2 amide bonds. The van der Waals surface area contributed by atoms with Crippen LogP contribution in [0.4, 0.5) is 5.13 Å². The van der Waals surface area contributed by atoms with Crippen LogP contribution in [0.15, 0.2) is 11.6 Å². The van der Waals surface area contributed by atoms with Crippen LogP contribution in [-0.2, 0) is 9.59 Å². The number of aromatic nitrogens is 1. The molecule has 0 aromatic carbocycles. The zero-order valence-electron chi connectivity index (χ0n) is 13.4. The lowest BCUT2D eigenvalue weighted by Gasteiger charge is -2.26. The summed E-state index contributed by atoms with van der Waals surface area (Å²) in [5, 5.41) is 3.01. The first-order valence-electron chi connectivity index (χ1n) is 8.44. The topological polar surface area (TPSA) is 56.8 Å². The van der Waals surface area contributed by atoms with E-state index in [1.807, 2.05) is 16.5 Å². The first-order valence-corrected chi connectivity index (χ1v) is 9.32. The van der Waals surface area contributed by atoms with E-state index in [-0.39, 0.29) is 18.4 Å². The second-order valence-corrected chi connectivity index (χ2v) is 7.04. The largest absolute Gasteiger partial charge is 0.346 e. The Labute approximate surface area is 141 Å². The smallest absolute Gasteiger partial charge is 0.242 e. The van der Waals surface area contributed by atoms with Gasteiger partial charge in [-0.1, -0.05) is 6.42 Å². The lowest BCUT2D eigenvalue weighted by molar-refractivity contribution is -0.140. The molecule has 3 rings (SSSR count). The van der Waals surface area contributed by atoms with Gasteiger partial charge in [-0.3, -0.25) is 9.59 Å². The molecule has 3 heterocycles. The van der Waals surface area contributed by atoms with E-state index in [0.717, 1.165) is 57.0 Å². The maximum Gasteiger partial charge on any atom is 0.242 e. The molecule has 0 aliphatic carbocycles. The molecule has 7 heteroatoms. The van der Waals surface area contributed by atoms with Gasteiger partial charge in [-0.2, -0.15) is 0 Å². The highest BCUT2D eigenvalue weighted by Crippen LogP contribution is 2.19. The van der Waals surface area contributed by atoms with Crippen molar-refractivity contribution in [2.75, 3.05) is 44.2 Å². The molecule has 6 nitrogen and oxygen atoms in total. The lowest BCUT2D eigenvalue weighted by Crippen LogP contribution is -2.44. The van der Waals surface area contributed by atoms with E-state index < -0.39 is 0 Å². The Hall–Kier alpha value is -1.63. The van der Waals surface area contributed by atoms with Crippen LogP contribution in [0, 0.1) is 0 Å². The van der Waals surface area contributed by atoms with Crippen LogP contribution < -0.4 is 4.90 Å². The van der Waals surface area contributed by atoms with Crippen molar-refractivity contribution in [3.8, 4) is 0 Å². The van der Waals surface area contributed by atoms with Gasteiger partial charge >= 0.3 is 0 Å². The Bertz CT molecular complexity index is 534. The van der Waals surface area contributed by atoms with Gasteiger partial charge < -0.3 is 14.7 Å². The minimum absolute atomic E-state index is 0.0845. The molecule has 1 aromatic rings. The van der Waals surface area contributed by atoms with Crippen molar-refractivity contribution >= 4 is 28.3 Å². The average Bonchev–Trinajstić information content (AvgIpc) is 2.87. The molecule has 2 aliphatic rings. The van der Waals surface area contributed by atoms with Crippen molar-refractivity contribution in [2.24, 2.45) is 0 Å². The van der Waals surface area contributed by atoms with Gasteiger partial charge in [0.1, 0.15) is 0 Å². The number of rotatable bonds is 3. The van der Waals surface area contributed by atoms with Crippen LogP contribution in [0.1, 0.15) is 32.1 Å². The Morgan fingerprint density at radius 2 is 2.00 bits per heavy atom. The molecular formula is C16H24N4O2S. The van der Waals surface area contributed by atoms with Crippen molar-refractivity contribution in [2.45, 2.75) is 32.1 Å². The quantitative estimate of drug-likeness (QED) is 0.841. The molecule has 1 aromatic heterocycles. The van der Waals surface area contributed by atoms with Crippen LogP contribution in [-0.4, -0.2) is 65.9 Å². The fraction of sp³-hybridized carbons (Fsp3) is 0.688. The van der Waals surface area contributed by atoms with Crippen molar-refractivity contribution in [1.29, 1.82) is 0 Å². The van der Waals surface area contributed by atoms with E-state index in [4.69, 9.17) is 0 Å². The number of likely N-dealkylation sites (tertiary alicyclic amines) is 1. The standard InChI is InChI=1S/C16H24N4O2S/c21-14-5-2-1-3-7-20(14)13-15(22)18-8-4-9-19(11-10-18)16-17-6-12-23-16/h6,12H,1-5,7-11,13H2. The molecule has 0 spiro atoms. The average molecular weight is 336 g/mol. The van der Waals surface area contributed by atoms with Gasteiger partial charge in [-0.25, -0.2) is 4.98 Å². The van der Waals surface area contributed by atoms with Crippen molar-refractivity contribution < 1.29 is 9.59 Å². The molecule has 2 fully saturated rings. The summed E-state index contributed by atoms with van der Waals surface area (Å²) in [7, 11) is 0. The van der Waals surface area contributed by atoms with Gasteiger partial charge in [0.25, 0.3) is 0 Å². The summed E-state index contributed by atoms with van der Waals surface area (Å²) >= 11 is 1.64. The minimum Gasteiger partial charge on any atom is -0.346 e. The first-order chi connectivity index (χ1) is 11.2. The summed E-state index contributed by atoms with van der Waals surface area (Å²) in [6.07, 6.45) is 6.40. The van der Waals surface area contributed by atoms with Gasteiger partial charge in [-0.05, 0) is 19.3 Å². The second-order valence-electron chi connectivity index (χ2n) is 6.16. The van der Waals surface area contributed by atoms with E-state index in [9.17, 15) is 9.59 Å². The fourth-order valence-corrected chi connectivity index (χ4v) is 3.90. The number of hydrogen-bond donors (Lipinski definition) is 0. The summed E-state index contributed by atoms with van der Waals surface area (Å²) in [5.74, 6) is 0.219. The Kier molecular flexibility index (Phi) is 5.48. The molecule has 0 atom stereocenters. The second kappa shape index (κ2) is 7.77.